The van der Waals surface area contributed by atoms with Crippen molar-refractivity contribution in [3.8, 4) is 0 Å². The second-order valence-electron chi connectivity index (χ2n) is 5.78. The van der Waals surface area contributed by atoms with Gasteiger partial charge in [0.2, 0.25) is 0 Å². The van der Waals surface area contributed by atoms with Gasteiger partial charge < -0.3 is 20.1 Å². The molecule has 2 rings (SSSR count). The molecule has 1 fully saturated rings. The third-order valence-electron chi connectivity index (χ3n) is 3.86. The van der Waals surface area contributed by atoms with Crippen LogP contribution in [-0.2, 0) is 16.1 Å². The second-order valence-corrected chi connectivity index (χ2v) is 5.78. The fraction of sp³-hybridized carbons (Fsp3) is 0.588. The first-order valence-corrected chi connectivity index (χ1v) is 7.97. The summed E-state index contributed by atoms with van der Waals surface area (Å²) in [4.78, 5) is 12.0. The molecule has 1 saturated heterocycles. The smallest absolute Gasteiger partial charge is 0.407 e. The van der Waals surface area contributed by atoms with Gasteiger partial charge in [0.05, 0.1) is 0 Å². The molecule has 2 atom stereocenters. The van der Waals surface area contributed by atoms with Crippen molar-refractivity contribution in [1.82, 2.24) is 10.6 Å². The number of ether oxygens (including phenoxy) is 2. The quantitative estimate of drug-likeness (QED) is 0.811. The zero-order chi connectivity index (χ0) is 15.6. The molecule has 0 aromatic heterocycles. The molecule has 1 aromatic carbocycles. The van der Waals surface area contributed by atoms with Crippen LogP contribution in [0.1, 0.15) is 24.8 Å². The molecule has 1 amide bonds. The maximum Gasteiger partial charge on any atom is 0.407 e. The van der Waals surface area contributed by atoms with Crippen molar-refractivity contribution in [2.45, 2.75) is 31.9 Å². The maximum absolute atomic E-state index is 12.0. The van der Waals surface area contributed by atoms with E-state index in [0.29, 0.717) is 12.5 Å². The highest BCUT2D eigenvalue weighted by molar-refractivity contribution is 5.67. The minimum Gasteiger partial charge on any atom is -0.445 e. The first kappa shape index (κ1) is 16.8. The number of carbonyl (C=O) groups is 1. The third-order valence-corrected chi connectivity index (χ3v) is 3.86. The molecule has 22 heavy (non-hydrogen) atoms. The lowest BCUT2D eigenvalue weighted by Gasteiger charge is -2.27. The minimum absolute atomic E-state index is 0.0694. The van der Waals surface area contributed by atoms with E-state index in [2.05, 4.69) is 10.6 Å². The van der Waals surface area contributed by atoms with Gasteiger partial charge in [0, 0.05) is 25.8 Å². The molecular weight excluding hydrogens is 280 g/mol. The Labute approximate surface area is 132 Å². The van der Waals surface area contributed by atoms with E-state index in [4.69, 9.17) is 9.47 Å². The lowest BCUT2D eigenvalue weighted by Crippen LogP contribution is -2.43. The van der Waals surface area contributed by atoms with Crippen molar-refractivity contribution in [3.05, 3.63) is 35.9 Å². The summed E-state index contributed by atoms with van der Waals surface area (Å²) in [5, 5.41) is 6.08. The summed E-state index contributed by atoms with van der Waals surface area (Å²) in [7, 11) is 1.89. The van der Waals surface area contributed by atoms with E-state index in [0.717, 1.165) is 38.2 Å². The Kier molecular flexibility index (Phi) is 7.19. The number of benzene rings is 1. The number of amides is 1. The summed E-state index contributed by atoms with van der Waals surface area (Å²) in [6.45, 7) is 2.68. The molecule has 0 saturated carbocycles. The number of nitrogens with one attached hydrogen (secondary N) is 2. The van der Waals surface area contributed by atoms with Gasteiger partial charge in [-0.2, -0.15) is 0 Å². The van der Waals surface area contributed by atoms with Crippen LogP contribution in [0.4, 0.5) is 4.79 Å². The van der Waals surface area contributed by atoms with Crippen LogP contribution in [0.3, 0.4) is 0 Å². The Morgan fingerprint density at radius 1 is 1.41 bits per heavy atom. The maximum atomic E-state index is 12.0. The summed E-state index contributed by atoms with van der Waals surface area (Å²) in [6, 6.07) is 9.77. The molecule has 0 aliphatic carbocycles. The van der Waals surface area contributed by atoms with E-state index < -0.39 is 0 Å². The lowest BCUT2D eigenvalue weighted by atomic mass is 9.94. The van der Waals surface area contributed by atoms with Crippen molar-refractivity contribution < 1.29 is 14.3 Å². The van der Waals surface area contributed by atoms with Gasteiger partial charge in [-0.3, -0.25) is 0 Å². The molecule has 0 spiro atoms. The Bertz CT molecular complexity index is 433. The van der Waals surface area contributed by atoms with E-state index >= 15 is 0 Å². The predicted molar refractivity (Wildman–Crippen MR) is 85.6 cm³/mol. The molecule has 0 radical (unpaired) electrons. The van der Waals surface area contributed by atoms with E-state index in [1.54, 1.807) is 0 Å². The average molecular weight is 306 g/mol. The van der Waals surface area contributed by atoms with E-state index in [1.165, 1.54) is 6.42 Å². The molecule has 5 heteroatoms. The Hall–Kier alpha value is -1.59. The molecule has 1 aliphatic heterocycles. The molecule has 5 nitrogen and oxygen atoms in total. The molecule has 122 valence electrons. The van der Waals surface area contributed by atoms with Crippen LogP contribution >= 0.6 is 0 Å². The van der Waals surface area contributed by atoms with Crippen molar-refractivity contribution in [3.63, 3.8) is 0 Å². The SMILES string of the molecule is CNC[C@@H](C[C@@H]1CCCOC1)NC(=O)OCc1ccccc1. The predicted octanol–water partition coefficient (Wildman–Crippen LogP) is 2.32. The summed E-state index contributed by atoms with van der Waals surface area (Å²) in [6.07, 6.45) is 2.83. The number of carbonyl (C=O) groups excluding carboxylic acids is 1. The molecule has 2 N–H and O–H groups in total. The first-order chi connectivity index (χ1) is 10.8. The molecule has 0 unspecified atom stereocenters. The number of hydrogen-bond donors (Lipinski definition) is 2. The van der Waals surface area contributed by atoms with Crippen LogP contribution in [0.15, 0.2) is 30.3 Å². The average Bonchev–Trinajstić information content (AvgIpc) is 2.55. The minimum atomic E-state index is -0.360. The lowest BCUT2D eigenvalue weighted by molar-refractivity contribution is 0.0470. The highest BCUT2D eigenvalue weighted by Gasteiger charge is 2.20. The van der Waals surface area contributed by atoms with Crippen LogP contribution in [0, 0.1) is 5.92 Å². The zero-order valence-corrected chi connectivity index (χ0v) is 13.2. The number of likely N-dealkylation sites (N-methyl/N-ethyl adjacent to an activating group) is 1. The summed E-state index contributed by atoms with van der Waals surface area (Å²) in [5.41, 5.74) is 0.989. The molecule has 1 aromatic rings. The third kappa shape index (κ3) is 6.03. The number of hydrogen-bond acceptors (Lipinski definition) is 4. The summed E-state index contributed by atoms with van der Waals surface area (Å²) < 4.78 is 10.8. The van der Waals surface area contributed by atoms with Gasteiger partial charge in [-0.05, 0) is 37.8 Å². The first-order valence-electron chi connectivity index (χ1n) is 7.97. The van der Waals surface area contributed by atoms with E-state index in [9.17, 15) is 4.79 Å². The fourth-order valence-electron chi connectivity index (χ4n) is 2.77. The van der Waals surface area contributed by atoms with Crippen molar-refractivity contribution in [1.29, 1.82) is 0 Å². The topological polar surface area (TPSA) is 59.6 Å². The van der Waals surface area contributed by atoms with E-state index in [-0.39, 0.29) is 12.1 Å². The largest absolute Gasteiger partial charge is 0.445 e. The molecular formula is C17H26N2O3. The highest BCUT2D eigenvalue weighted by atomic mass is 16.5. The Morgan fingerprint density at radius 3 is 2.91 bits per heavy atom. The van der Waals surface area contributed by atoms with Crippen LogP contribution in [0.2, 0.25) is 0 Å². The van der Waals surface area contributed by atoms with Crippen molar-refractivity contribution in [2.75, 3.05) is 26.8 Å². The van der Waals surface area contributed by atoms with Crippen LogP contribution in [-0.4, -0.2) is 38.9 Å². The summed E-state index contributed by atoms with van der Waals surface area (Å²) >= 11 is 0. The zero-order valence-electron chi connectivity index (χ0n) is 13.2. The summed E-state index contributed by atoms with van der Waals surface area (Å²) in [5.74, 6) is 0.515. The normalized spacial score (nSPS) is 19.4. The van der Waals surface area contributed by atoms with Gasteiger partial charge in [-0.1, -0.05) is 30.3 Å². The number of alkyl carbamates (subject to hydrolysis) is 1. The molecule has 1 heterocycles. The second kappa shape index (κ2) is 9.43. The van der Waals surface area contributed by atoms with Crippen LogP contribution in [0.5, 0.6) is 0 Å². The van der Waals surface area contributed by atoms with Gasteiger partial charge >= 0.3 is 6.09 Å². The highest BCUT2D eigenvalue weighted by Crippen LogP contribution is 2.18. The van der Waals surface area contributed by atoms with Gasteiger partial charge in [-0.15, -0.1) is 0 Å². The Balaban J connectivity index is 1.75. The number of rotatable bonds is 7. The van der Waals surface area contributed by atoms with Crippen LogP contribution in [0.25, 0.3) is 0 Å². The van der Waals surface area contributed by atoms with Crippen LogP contribution < -0.4 is 10.6 Å². The van der Waals surface area contributed by atoms with Crippen molar-refractivity contribution >= 4 is 6.09 Å². The molecule has 1 aliphatic rings. The Morgan fingerprint density at radius 2 is 2.23 bits per heavy atom. The van der Waals surface area contributed by atoms with Gasteiger partial charge in [0.1, 0.15) is 6.61 Å². The van der Waals surface area contributed by atoms with Gasteiger partial charge in [-0.25, -0.2) is 4.79 Å². The van der Waals surface area contributed by atoms with Crippen molar-refractivity contribution in [2.24, 2.45) is 5.92 Å². The van der Waals surface area contributed by atoms with Gasteiger partial charge in [0.15, 0.2) is 0 Å². The van der Waals surface area contributed by atoms with Gasteiger partial charge in [0.25, 0.3) is 0 Å². The standard InChI is InChI=1S/C17H26N2O3/c1-18-11-16(10-15-8-5-9-21-12-15)19-17(20)22-13-14-6-3-2-4-7-14/h2-4,6-7,15-16,18H,5,8-13H2,1H3,(H,19,20)/t15-,16+/m0/s1. The molecule has 0 bridgehead atoms. The fourth-order valence-corrected chi connectivity index (χ4v) is 2.77. The monoisotopic (exact) mass is 306 g/mol. The van der Waals surface area contributed by atoms with E-state index in [1.807, 2.05) is 37.4 Å².